The molecule has 3 rings (SSSR count). The third kappa shape index (κ3) is 2.26. The lowest BCUT2D eigenvalue weighted by Crippen LogP contribution is -2.29. The van der Waals surface area contributed by atoms with Gasteiger partial charge in [0.2, 0.25) is 5.91 Å². The van der Waals surface area contributed by atoms with Crippen LogP contribution in [0.4, 0.5) is 11.4 Å². The maximum Gasteiger partial charge on any atom is 0.266 e. The van der Waals surface area contributed by atoms with Crippen molar-refractivity contribution in [2.24, 2.45) is 0 Å². The Morgan fingerprint density at radius 3 is 2.23 bits per heavy atom. The van der Waals surface area contributed by atoms with E-state index in [-0.39, 0.29) is 17.7 Å². The Hall–Kier alpha value is -2.95. The van der Waals surface area contributed by atoms with Gasteiger partial charge in [-0.15, -0.1) is 0 Å². The fourth-order valence-electron chi connectivity index (χ4n) is 2.40. The number of hydrogen-bond acceptors (Lipinski definition) is 3. The van der Waals surface area contributed by atoms with E-state index in [1.54, 1.807) is 55.5 Å². The monoisotopic (exact) mass is 294 g/mol. The van der Waals surface area contributed by atoms with E-state index in [4.69, 9.17) is 0 Å². The standard InChI is InChI=1S/C17H14N2O3/c1-2-15(20)18-11-6-5-7-12(10-11)19-16(21)13-8-3-4-9-14(13)17(19)22/h3-10H,2H2,1H3,(H,18,20). The molecule has 0 fully saturated rings. The van der Waals surface area contributed by atoms with E-state index in [1.807, 2.05) is 0 Å². The van der Waals surface area contributed by atoms with Gasteiger partial charge in [0.25, 0.3) is 11.8 Å². The van der Waals surface area contributed by atoms with Gasteiger partial charge in [-0.25, -0.2) is 4.90 Å². The van der Waals surface area contributed by atoms with Gasteiger partial charge in [0.1, 0.15) is 0 Å². The molecule has 0 unspecified atom stereocenters. The molecule has 0 bridgehead atoms. The Labute approximate surface area is 127 Å². The first kappa shape index (κ1) is 14.0. The number of hydrogen-bond donors (Lipinski definition) is 1. The van der Waals surface area contributed by atoms with Crippen LogP contribution in [-0.4, -0.2) is 17.7 Å². The molecule has 0 spiro atoms. The number of amides is 3. The van der Waals surface area contributed by atoms with Gasteiger partial charge >= 0.3 is 0 Å². The molecule has 0 saturated heterocycles. The minimum atomic E-state index is -0.348. The summed E-state index contributed by atoms with van der Waals surface area (Å²) in [6.07, 6.45) is 0.358. The van der Waals surface area contributed by atoms with Crippen molar-refractivity contribution in [3.63, 3.8) is 0 Å². The second-order valence-electron chi connectivity index (χ2n) is 4.94. The zero-order valence-corrected chi connectivity index (χ0v) is 12.0. The van der Waals surface area contributed by atoms with Crippen molar-refractivity contribution in [1.82, 2.24) is 0 Å². The van der Waals surface area contributed by atoms with Gasteiger partial charge < -0.3 is 5.32 Å². The molecule has 110 valence electrons. The fourth-order valence-corrected chi connectivity index (χ4v) is 2.40. The number of imide groups is 1. The number of carbonyl (C=O) groups excluding carboxylic acids is 3. The molecule has 2 aromatic rings. The van der Waals surface area contributed by atoms with Gasteiger partial charge in [0, 0.05) is 12.1 Å². The first-order chi connectivity index (χ1) is 10.6. The van der Waals surface area contributed by atoms with Crippen molar-refractivity contribution in [3.05, 3.63) is 59.7 Å². The molecule has 5 heteroatoms. The number of benzene rings is 2. The predicted octanol–water partition coefficient (Wildman–Crippen LogP) is 2.84. The number of anilines is 2. The molecule has 5 nitrogen and oxygen atoms in total. The van der Waals surface area contributed by atoms with Crippen LogP contribution in [0.2, 0.25) is 0 Å². The van der Waals surface area contributed by atoms with E-state index in [2.05, 4.69) is 5.32 Å². The van der Waals surface area contributed by atoms with E-state index in [0.29, 0.717) is 28.9 Å². The molecule has 3 amide bonds. The normalized spacial score (nSPS) is 13.2. The molecule has 22 heavy (non-hydrogen) atoms. The van der Waals surface area contributed by atoms with Crippen LogP contribution in [0.15, 0.2) is 48.5 Å². The van der Waals surface area contributed by atoms with Crippen molar-refractivity contribution in [2.45, 2.75) is 13.3 Å². The summed E-state index contributed by atoms with van der Waals surface area (Å²) in [6.45, 7) is 1.75. The minimum absolute atomic E-state index is 0.125. The van der Waals surface area contributed by atoms with Crippen LogP contribution in [0.25, 0.3) is 0 Å². The van der Waals surface area contributed by atoms with E-state index < -0.39 is 0 Å². The summed E-state index contributed by atoms with van der Waals surface area (Å²) < 4.78 is 0. The third-order valence-electron chi connectivity index (χ3n) is 3.50. The van der Waals surface area contributed by atoms with Gasteiger partial charge in [0.05, 0.1) is 16.8 Å². The predicted molar refractivity (Wildman–Crippen MR) is 82.9 cm³/mol. The summed E-state index contributed by atoms with van der Waals surface area (Å²) in [5, 5.41) is 2.72. The maximum absolute atomic E-state index is 12.4. The quantitative estimate of drug-likeness (QED) is 0.885. The second-order valence-corrected chi connectivity index (χ2v) is 4.94. The zero-order chi connectivity index (χ0) is 15.7. The van der Waals surface area contributed by atoms with Crippen molar-refractivity contribution < 1.29 is 14.4 Å². The molecule has 2 aromatic carbocycles. The van der Waals surface area contributed by atoms with E-state index in [1.165, 1.54) is 0 Å². The highest BCUT2D eigenvalue weighted by atomic mass is 16.2. The Morgan fingerprint density at radius 1 is 1.00 bits per heavy atom. The van der Waals surface area contributed by atoms with Crippen molar-refractivity contribution >= 4 is 29.1 Å². The molecule has 0 aromatic heterocycles. The van der Waals surface area contributed by atoms with Crippen LogP contribution in [0, 0.1) is 0 Å². The lowest BCUT2D eigenvalue weighted by Gasteiger charge is -2.15. The summed E-state index contributed by atoms with van der Waals surface area (Å²) in [5.41, 5.74) is 1.80. The molecule has 0 atom stereocenters. The van der Waals surface area contributed by atoms with Crippen LogP contribution >= 0.6 is 0 Å². The lowest BCUT2D eigenvalue weighted by molar-refractivity contribution is -0.115. The molecular weight excluding hydrogens is 280 g/mol. The van der Waals surface area contributed by atoms with Crippen molar-refractivity contribution in [1.29, 1.82) is 0 Å². The molecule has 1 N–H and O–H groups in total. The topological polar surface area (TPSA) is 66.5 Å². The van der Waals surface area contributed by atoms with Crippen LogP contribution in [0.3, 0.4) is 0 Å². The van der Waals surface area contributed by atoms with Crippen molar-refractivity contribution in [2.75, 3.05) is 10.2 Å². The Kier molecular flexibility index (Phi) is 3.47. The second kappa shape index (κ2) is 5.44. The Morgan fingerprint density at radius 2 is 1.64 bits per heavy atom. The largest absolute Gasteiger partial charge is 0.326 e. The highest BCUT2D eigenvalue weighted by Gasteiger charge is 2.36. The third-order valence-corrected chi connectivity index (χ3v) is 3.50. The zero-order valence-electron chi connectivity index (χ0n) is 12.0. The molecule has 0 saturated carbocycles. The first-order valence-electron chi connectivity index (χ1n) is 6.99. The van der Waals surface area contributed by atoms with Crippen LogP contribution in [-0.2, 0) is 4.79 Å². The highest BCUT2D eigenvalue weighted by molar-refractivity contribution is 6.34. The Bertz CT molecular complexity index is 748. The van der Waals surface area contributed by atoms with E-state index in [9.17, 15) is 14.4 Å². The number of rotatable bonds is 3. The number of nitrogens with one attached hydrogen (secondary N) is 1. The van der Waals surface area contributed by atoms with Crippen molar-refractivity contribution in [3.8, 4) is 0 Å². The molecule has 0 radical (unpaired) electrons. The molecule has 0 aliphatic carbocycles. The van der Waals surface area contributed by atoms with Crippen LogP contribution in [0.1, 0.15) is 34.1 Å². The number of nitrogens with zero attached hydrogens (tertiary/aromatic N) is 1. The molecule has 1 aliphatic heterocycles. The van der Waals surface area contributed by atoms with Crippen LogP contribution < -0.4 is 10.2 Å². The molecule has 1 aliphatic rings. The summed E-state index contributed by atoms with van der Waals surface area (Å²) in [7, 11) is 0. The minimum Gasteiger partial charge on any atom is -0.326 e. The van der Waals surface area contributed by atoms with Gasteiger partial charge in [-0.1, -0.05) is 25.1 Å². The first-order valence-corrected chi connectivity index (χ1v) is 6.99. The van der Waals surface area contributed by atoms with Gasteiger partial charge in [-0.05, 0) is 30.3 Å². The smallest absolute Gasteiger partial charge is 0.266 e. The lowest BCUT2D eigenvalue weighted by atomic mass is 10.1. The summed E-state index contributed by atoms with van der Waals surface area (Å²) >= 11 is 0. The number of carbonyl (C=O) groups is 3. The summed E-state index contributed by atoms with van der Waals surface area (Å²) in [4.78, 5) is 37.4. The highest BCUT2D eigenvalue weighted by Crippen LogP contribution is 2.29. The van der Waals surface area contributed by atoms with Gasteiger partial charge in [-0.3, -0.25) is 14.4 Å². The fraction of sp³-hybridized carbons (Fsp3) is 0.118. The summed E-state index contributed by atoms with van der Waals surface area (Å²) in [6, 6.07) is 13.4. The molecule has 1 heterocycles. The summed E-state index contributed by atoms with van der Waals surface area (Å²) in [5.74, 6) is -0.821. The van der Waals surface area contributed by atoms with Crippen LogP contribution in [0.5, 0.6) is 0 Å². The average Bonchev–Trinajstić information content (AvgIpc) is 2.79. The average molecular weight is 294 g/mol. The van der Waals surface area contributed by atoms with Gasteiger partial charge in [0.15, 0.2) is 0 Å². The van der Waals surface area contributed by atoms with E-state index >= 15 is 0 Å². The number of fused-ring (bicyclic) bond motifs is 1. The van der Waals surface area contributed by atoms with E-state index in [0.717, 1.165) is 4.90 Å². The molecular formula is C17H14N2O3. The SMILES string of the molecule is CCC(=O)Nc1cccc(N2C(=O)c3ccccc3C2=O)c1. The Balaban J connectivity index is 1.96. The van der Waals surface area contributed by atoms with Gasteiger partial charge in [-0.2, -0.15) is 0 Å². The maximum atomic E-state index is 12.4.